The molecular formula is C11H21NO2. The van der Waals surface area contributed by atoms with E-state index >= 15 is 0 Å². The largest absolute Gasteiger partial charge is 0.465 e. The normalized spacial score (nSPS) is 33.0. The minimum Gasteiger partial charge on any atom is -0.465 e. The van der Waals surface area contributed by atoms with Gasteiger partial charge < -0.3 is 10.4 Å². The van der Waals surface area contributed by atoms with Gasteiger partial charge in [0, 0.05) is 6.04 Å². The fourth-order valence-electron chi connectivity index (χ4n) is 2.60. The molecule has 0 aromatic heterocycles. The lowest BCUT2D eigenvalue weighted by atomic mass is 9.73. The minimum atomic E-state index is -0.880. The van der Waals surface area contributed by atoms with Gasteiger partial charge >= 0.3 is 6.09 Å². The zero-order valence-electron chi connectivity index (χ0n) is 9.29. The van der Waals surface area contributed by atoms with E-state index < -0.39 is 6.09 Å². The van der Waals surface area contributed by atoms with Crippen LogP contribution < -0.4 is 5.32 Å². The fourth-order valence-corrected chi connectivity index (χ4v) is 2.60. The lowest BCUT2D eigenvalue weighted by Gasteiger charge is -2.38. The predicted molar refractivity (Wildman–Crippen MR) is 56.3 cm³/mol. The maximum absolute atomic E-state index is 10.7. The van der Waals surface area contributed by atoms with Crippen molar-refractivity contribution in [3.8, 4) is 0 Å². The molecule has 0 aromatic carbocycles. The maximum Gasteiger partial charge on any atom is 0.404 e. The number of carboxylic acid groups (broad SMARTS) is 1. The van der Waals surface area contributed by atoms with E-state index in [4.69, 9.17) is 5.11 Å². The molecule has 1 aliphatic carbocycles. The summed E-state index contributed by atoms with van der Waals surface area (Å²) in [4.78, 5) is 10.7. The molecule has 1 saturated carbocycles. The molecule has 2 N–H and O–H groups in total. The second-order valence-electron chi connectivity index (χ2n) is 4.79. The van der Waals surface area contributed by atoms with E-state index in [1.54, 1.807) is 0 Å². The summed E-state index contributed by atoms with van der Waals surface area (Å²) in [6.07, 6.45) is 2.66. The summed E-state index contributed by atoms with van der Waals surface area (Å²) in [5.41, 5.74) is 0. The van der Waals surface area contributed by atoms with E-state index in [0.717, 1.165) is 12.8 Å². The molecule has 1 unspecified atom stereocenters. The van der Waals surface area contributed by atoms with Crippen molar-refractivity contribution in [1.82, 2.24) is 5.32 Å². The highest BCUT2D eigenvalue weighted by atomic mass is 16.4. The van der Waals surface area contributed by atoms with E-state index in [-0.39, 0.29) is 6.04 Å². The van der Waals surface area contributed by atoms with Gasteiger partial charge in [0.2, 0.25) is 0 Å². The van der Waals surface area contributed by atoms with Crippen LogP contribution in [0.25, 0.3) is 0 Å². The smallest absolute Gasteiger partial charge is 0.404 e. The van der Waals surface area contributed by atoms with Crippen LogP contribution in [-0.4, -0.2) is 17.2 Å². The molecule has 1 amide bonds. The Hall–Kier alpha value is -0.730. The Balaban J connectivity index is 2.65. The number of carbonyl (C=O) groups is 1. The molecule has 0 bridgehead atoms. The molecule has 3 heteroatoms. The zero-order chi connectivity index (χ0) is 10.7. The van der Waals surface area contributed by atoms with E-state index in [2.05, 4.69) is 26.1 Å². The highest BCUT2D eigenvalue weighted by Gasteiger charge is 2.33. The molecule has 1 rings (SSSR count). The number of rotatable bonds is 2. The topological polar surface area (TPSA) is 49.3 Å². The fraction of sp³-hybridized carbons (Fsp3) is 0.909. The van der Waals surface area contributed by atoms with Gasteiger partial charge in [0.15, 0.2) is 0 Å². The first kappa shape index (κ1) is 11.3. The molecule has 0 radical (unpaired) electrons. The van der Waals surface area contributed by atoms with Gasteiger partial charge in [-0.25, -0.2) is 4.79 Å². The van der Waals surface area contributed by atoms with Crippen molar-refractivity contribution >= 4 is 6.09 Å². The third-order valence-electron chi connectivity index (χ3n) is 3.42. The molecular weight excluding hydrogens is 178 g/mol. The Bertz CT molecular complexity index is 203. The van der Waals surface area contributed by atoms with E-state index in [1.807, 2.05) is 0 Å². The van der Waals surface area contributed by atoms with Crippen molar-refractivity contribution in [2.24, 2.45) is 17.8 Å². The summed E-state index contributed by atoms with van der Waals surface area (Å²) in [7, 11) is 0. The second-order valence-corrected chi connectivity index (χ2v) is 4.79. The van der Waals surface area contributed by atoms with Gasteiger partial charge in [-0.2, -0.15) is 0 Å². The summed E-state index contributed by atoms with van der Waals surface area (Å²) in [6, 6.07) is 0.154. The van der Waals surface area contributed by atoms with Crippen molar-refractivity contribution in [3.05, 3.63) is 0 Å². The van der Waals surface area contributed by atoms with Crippen LogP contribution in [0.1, 0.15) is 40.0 Å². The summed E-state index contributed by atoms with van der Waals surface area (Å²) in [5.74, 6) is 1.55. The van der Waals surface area contributed by atoms with E-state index in [9.17, 15) is 4.79 Å². The molecule has 0 spiro atoms. The second kappa shape index (κ2) is 4.67. The summed E-state index contributed by atoms with van der Waals surface area (Å²) in [6.45, 7) is 6.51. The lowest BCUT2D eigenvalue weighted by Crippen LogP contribution is -2.47. The average Bonchev–Trinajstić information content (AvgIpc) is 2.07. The van der Waals surface area contributed by atoms with E-state index in [0.29, 0.717) is 17.8 Å². The first-order valence-corrected chi connectivity index (χ1v) is 5.51. The van der Waals surface area contributed by atoms with Crippen molar-refractivity contribution in [1.29, 1.82) is 0 Å². The standard InChI is InChI=1S/C11H21NO2/c1-7(2)9-6-4-5-8(3)10(9)12-11(13)14/h7-10,12H,4-6H2,1-3H3,(H,13,14)/t8?,9-,10+/m1/s1. The van der Waals surface area contributed by atoms with Crippen molar-refractivity contribution in [2.45, 2.75) is 46.1 Å². The Morgan fingerprint density at radius 1 is 1.43 bits per heavy atom. The number of amides is 1. The molecule has 3 nitrogen and oxygen atoms in total. The third-order valence-corrected chi connectivity index (χ3v) is 3.42. The minimum absolute atomic E-state index is 0.154. The van der Waals surface area contributed by atoms with Crippen LogP contribution in [0.4, 0.5) is 4.79 Å². The van der Waals surface area contributed by atoms with Gasteiger partial charge in [0.1, 0.15) is 0 Å². The van der Waals surface area contributed by atoms with Gasteiger partial charge in [0.25, 0.3) is 0 Å². The van der Waals surface area contributed by atoms with Crippen LogP contribution in [0.3, 0.4) is 0 Å². The van der Waals surface area contributed by atoms with Crippen LogP contribution >= 0.6 is 0 Å². The Kier molecular flexibility index (Phi) is 3.78. The average molecular weight is 199 g/mol. The Morgan fingerprint density at radius 2 is 2.07 bits per heavy atom. The Morgan fingerprint density at radius 3 is 2.57 bits per heavy atom. The molecule has 0 heterocycles. The van der Waals surface area contributed by atoms with Crippen LogP contribution in [0.15, 0.2) is 0 Å². The first-order valence-electron chi connectivity index (χ1n) is 5.51. The molecule has 0 saturated heterocycles. The highest BCUT2D eigenvalue weighted by molar-refractivity contribution is 5.65. The van der Waals surface area contributed by atoms with Gasteiger partial charge in [0.05, 0.1) is 0 Å². The zero-order valence-corrected chi connectivity index (χ0v) is 9.29. The van der Waals surface area contributed by atoms with Crippen LogP contribution in [0.5, 0.6) is 0 Å². The van der Waals surface area contributed by atoms with Crippen molar-refractivity contribution in [2.75, 3.05) is 0 Å². The molecule has 0 aliphatic heterocycles. The number of nitrogens with one attached hydrogen (secondary N) is 1. The molecule has 0 aromatic rings. The van der Waals surface area contributed by atoms with Crippen LogP contribution in [0, 0.1) is 17.8 Å². The number of hydrogen-bond donors (Lipinski definition) is 2. The molecule has 1 aliphatic rings. The summed E-state index contributed by atoms with van der Waals surface area (Å²) >= 11 is 0. The molecule has 14 heavy (non-hydrogen) atoms. The molecule has 82 valence electrons. The summed E-state index contributed by atoms with van der Waals surface area (Å²) in [5, 5.41) is 11.5. The van der Waals surface area contributed by atoms with Gasteiger partial charge in [-0.1, -0.05) is 27.2 Å². The van der Waals surface area contributed by atoms with E-state index in [1.165, 1.54) is 6.42 Å². The van der Waals surface area contributed by atoms with Gasteiger partial charge in [-0.3, -0.25) is 0 Å². The van der Waals surface area contributed by atoms with Gasteiger partial charge in [-0.15, -0.1) is 0 Å². The quantitative estimate of drug-likeness (QED) is 0.718. The SMILES string of the molecule is CC(C)[C@H]1CCCC(C)[C@@H]1NC(=O)O. The van der Waals surface area contributed by atoms with Crippen LogP contribution in [0.2, 0.25) is 0 Å². The van der Waals surface area contributed by atoms with Crippen LogP contribution in [-0.2, 0) is 0 Å². The first-order chi connectivity index (χ1) is 6.52. The van der Waals surface area contributed by atoms with Crippen molar-refractivity contribution < 1.29 is 9.90 Å². The molecule has 1 fully saturated rings. The highest BCUT2D eigenvalue weighted by Crippen LogP contribution is 2.33. The lowest BCUT2D eigenvalue weighted by molar-refractivity contribution is 0.135. The predicted octanol–water partition coefficient (Wildman–Crippen LogP) is 2.71. The summed E-state index contributed by atoms with van der Waals surface area (Å²) < 4.78 is 0. The van der Waals surface area contributed by atoms with Crippen molar-refractivity contribution in [3.63, 3.8) is 0 Å². The number of hydrogen-bond acceptors (Lipinski definition) is 1. The third kappa shape index (κ3) is 2.63. The monoisotopic (exact) mass is 199 g/mol. The molecule has 3 atom stereocenters. The van der Waals surface area contributed by atoms with Gasteiger partial charge in [-0.05, 0) is 30.6 Å². The Labute approximate surface area is 85.9 Å². The maximum atomic E-state index is 10.7.